The molecule has 29 heavy (non-hydrogen) atoms. The number of hydrogen-bond acceptors (Lipinski definition) is 5. The zero-order chi connectivity index (χ0) is 20.6. The first-order valence-corrected chi connectivity index (χ1v) is 11.0. The van der Waals surface area contributed by atoms with Crippen molar-refractivity contribution in [3.8, 4) is 5.75 Å². The molecule has 0 saturated carbocycles. The number of benzene rings is 2. The zero-order valence-corrected chi connectivity index (χ0v) is 17.6. The van der Waals surface area contributed by atoms with Gasteiger partial charge >= 0.3 is 0 Å². The molecule has 0 aliphatic carbocycles. The molecule has 2 amide bonds. The number of nitrogens with one attached hydrogen (secondary N) is 3. The first kappa shape index (κ1) is 21.2. The van der Waals surface area contributed by atoms with Crippen LogP contribution in [0.1, 0.15) is 17.5 Å². The summed E-state index contributed by atoms with van der Waals surface area (Å²) in [6, 6.07) is 14.3. The van der Waals surface area contributed by atoms with E-state index in [4.69, 9.17) is 4.74 Å². The quantitative estimate of drug-likeness (QED) is 0.620. The molecule has 0 spiro atoms. The lowest BCUT2D eigenvalue weighted by Gasteiger charge is -2.27. The Bertz CT molecular complexity index is 841. The monoisotopic (exact) mass is 413 g/mol. The summed E-state index contributed by atoms with van der Waals surface area (Å²) in [7, 11) is 1.60. The highest BCUT2D eigenvalue weighted by Crippen LogP contribution is 2.18. The van der Waals surface area contributed by atoms with Gasteiger partial charge in [0.05, 0.1) is 13.2 Å². The topological polar surface area (TPSA) is 79.5 Å². The van der Waals surface area contributed by atoms with Crippen LogP contribution in [0.3, 0.4) is 0 Å². The number of hydrogen-bond donors (Lipinski definition) is 3. The number of rotatable bonds is 8. The predicted molar refractivity (Wildman–Crippen MR) is 117 cm³/mol. The summed E-state index contributed by atoms with van der Waals surface area (Å²) >= 11 is 1.65. The van der Waals surface area contributed by atoms with Crippen LogP contribution >= 0.6 is 11.8 Å². The van der Waals surface area contributed by atoms with Gasteiger partial charge in [-0.15, -0.1) is 0 Å². The number of thioether (sulfide) groups is 1. The normalized spacial score (nSPS) is 16.4. The van der Waals surface area contributed by atoms with Crippen LogP contribution in [0.25, 0.3) is 0 Å². The van der Waals surface area contributed by atoms with Crippen LogP contribution in [-0.4, -0.2) is 43.0 Å². The Morgan fingerprint density at radius 1 is 1.17 bits per heavy atom. The molecular weight excluding hydrogens is 386 g/mol. The van der Waals surface area contributed by atoms with Crippen molar-refractivity contribution in [2.24, 2.45) is 0 Å². The second kappa shape index (κ2) is 10.3. The van der Waals surface area contributed by atoms with E-state index in [1.54, 1.807) is 43.1 Å². The van der Waals surface area contributed by atoms with Gasteiger partial charge in [-0.2, -0.15) is 11.8 Å². The third kappa shape index (κ3) is 5.74. The minimum Gasteiger partial charge on any atom is -0.497 e. The van der Waals surface area contributed by atoms with Crippen molar-refractivity contribution in [2.75, 3.05) is 24.4 Å². The van der Waals surface area contributed by atoms with E-state index in [1.165, 1.54) is 11.1 Å². The van der Waals surface area contributed by atoms with Crippen LogP contribution in [0.4, 0.5) is 5.69 Å². The Hall–Kier alpha value is -2.51. The lowest BCUT2D eigenvalue weighted by atomic mass is 9.95. The number of fused-ring (bicyclic) bond motifs is 1. The molecule has 0 radical (unpaired) electrons. The molecule has 2 atom stereocenters. The Kier molecular flexibility index (Phi) is 7.55. The molecule has 3 N–H and O–H groups in total. The molecule has 2 aromatic rings. The Balaban J connectivity index is 1.63. The summed E-state index contributed by atoms with van der Waals surface area (Å²) in [6.45, 7) is 0.655. The van der Waals surface area contributed by atoms with Crippen molar-refractivity contribution in [3.63, 3.8) is 0 Å². The van der Waals surface area contributed by atoms with Crippen LogP contribution in [0.5, 0.6) is 5.75 Å². The van der Waals surface area contributed by atoms with E-state index in [1.807, 2.05) is 18.4 Å². The standard InChI is InChI=1S/C22H27N3O3S/c1-28-18-9-7-17(8-10-18)24-21(26)19(11-12-29-2)25-22(27)20-13-15-5-3-4-6-16(15)14-23-20/h3-10,19-20,23H,11-14H2,1-2H3,(H,24,26)(H,25,27)/t19-,20+/m1/s1. The summed E-state index contributed by atoms with van der Waals surface area (Å²) in [5.74, 6) is 1.14. The lowest BCUT2D eigenvalue weighted by molar-refractivity contribution is -0.128. The Morgan fingerprint density at radius 2 is 1.90 bits per heavy atom. The molecule has 0 fully saturated rings. The number of methoxy groups -OCH3 is 1. The molecule has 6 nitrogen and oxygen atoms in total. The number of ether oxygens (including phenoxy) is 1. The van der Waals surface area contributed by atoms with Crippen LogP contribution < -0.4 is 20.7 Å². The van der Waals surface area contributed by atoms with Crippen LogP contribution in [0.15, 0.2) is 48.5 Å². The lowest BCUT2D eigenvalue weighted by Crippen LogP contribution is -2.53. The minimum absolute atomic E-state index is 0.143. The average Bonchev–Trinajstić information content (AvgIpc) is 2.76. The van der Waals surface area contributed by atoms with Gasteiger partial charge in [-0.1, -0.05) is 24.3 Å². The molecule has 1 heterocycles. The van der Waals surface area contributed by atoms with Gasteiger partial charge in [-0.3, -0.25) is 9.59 Å². The maximum Gasteiger partial charge on any atom is 0.246 e. The average molecular weight is 414 g/mol. The van der Waals surface area contributed by atoms with E-state index < -0.39 is 6.04 Å². The molecule has 1 aliphatic heterocycles. The van der Waals surface area contributed by atoms with Gasteiger partial charge in [-0.05, 0) is 60.2 Å². The minimum atomic E-state index is -0.587. The second-order valence-electron chi connectivity index (χ2n) is 6.97. The molecule has 2 aromatic carbocycles. The highest BCUT2D eigenvalue weighted by atomic mass is 32.2. The number of carbonyl (C=O) groups is 2. The van der Waals surface area contributed by atoms with Gasteiger partial charge in [0.2, 0.25) is 11.8 Å². The van der Waals surface area contributed by atoms with E-state index in [9.17, 15) is 9.59 Å². The van der Waals surface area contributed by atoms with Gasteiger partial charge in [-0.25, -0.2) is 0 Å². The number of carbonyl (C=O) groups excluding carboxylic acids is 2. The predicted octanol–water partition coefficient (Wildman–Crippen LogP) is 2.59. The molecule has 1 aliphatic rings. The first-order valence-electron chi connectivity index (χ1n) is 9.65. The van der Waals surface area contributed by atoms with Crippen molar-refractivity contribution in [2.45, 2.75) is 31.5 Å². The largest absolute Gasteiger partial charge is 0.497 e. The first-order chi connectivity index (χ1) is 14.1. The van der Waals surface area contributed by atoms with Gasteiger partial charge < -0.3 is 20.7 Å². The number of anilines is 1. The maximum absolute atomic E-state index is 12.8. The van der Waals surface area contributed by atoms with Gasteiger partial charge in [0.25, 0.3) is 0 Å². The third-order valence-corrected chi connectivity index (χ3v) is 5.64. The fraction of sp³-hybridized carbons (Fsp3) is 0.364. The smallest absolute Gasteiger partial charge is 0.246 e. The summed E-state index contributed by atoms with van der Waals surface area (Å²) in [6.07, 6.45) is 3.18. The van der Waals surface area contributed by atoms with Crippen LogP contribution in [-0.2, 0) is 22.6 Å². The highest BCUT2D eigenvalue weighted by molar-refractivity contribution is 7.98. The molecule has 0 unspecified atom stereocenters. The van der Waals surface area contributed by atoms with Crippen molar-refractivity contribution in [1.29, 1.82) is 0 Å². The van der Waals surface area contributed by atoms with Crippen molar-refractivity contribution in [3.05, 3.63) is 59.7 Å². The summed E-state index contributed by atoms with van der Waals surface area (Å²) in [5.41, 5.74) is 3.06. The van der Waals surface area contributed by atoms with Gasteiger partial charge in [0.15, 0.2) is 0 Å². The molecule has 0 saturated heterocycles. The maximum atomic E-state index is 12.8. The zero-order valence-electron chi connectivity index (χ0n) is 16.7. The fourth-order valence-corrected chi connectivity index (χ4v) is 3.79. The Labute approximate surface area is 175 Å². The van der Waals surface area contributed by atoms with E-state index >= 15 is 0 Å². The van der Waals surface area contributed by atoms with Gasteiger partial charge in [0.1, 0.15) is 11.8 Å². The molecule has 0 bridgehead atoms. The van der Waals surface area contributed by atoms with Crippen molar-refractivity contribution < 1.29 is 14.3 Å². The third-order valence-electron chi connectivity index (χ3n) is 5.00. The molecule has 7 heteroatoms. The van der Waals surface area contributed by atoms with Crippen molar-refractivity contribution >= 4 is 29.3 Å². The van der Waals surface area contributed by atoms with E-state index in [0.29, 0.717) is 25.1 Å². The van der Waals surface area contributed by atoms with E-state index in [0.717, 1.165) is 11.5 Å². The molecule has 0 aromatic heterocycles. The van der Waals surface area contributed by atoms with E-state index in [2.05, 4.69) is 28.1 Å². The SMILES string of the molecule is COc1ccc(NC(=O)[C@@H](CCSC)NC(=O)[C@@H]2Cc3ccccc3CN2)cc1. The van der Waals surface area contributed by atoms with Crippen molar-refractivity contribution in [1.82, 2.24) is 10.6 Å². The number of amides is 2. The highest BCUT2D eigenvalue weighted by Gasteiger charge is 2.28. The van der Waals surface area contributed by atoms with E-state index in [-0.39, 0.29) is 17.9 Å². The summed E-state index contributed by atoms with van der Waals surface area (Å²) in [5, 5.41) is 9.11. The second-order valence-corrected chi connectivity index (χ2v) is 7.95. The Morgan fingerprint density at radius 3 is 2.59 bits per heavy atom. The van der Waals surface area contributed by atoms with Crippen LogP contribution in [0, 0.1) is 0 Å². The summed E-state index contributed by atoms with van der Waals surface area (Å²) < 4.78 is 5.14. The molecule has 3 rings (SSSR count). The van der Waals surface area contributed by atoms with Gasteiger partial charge in [0, 0.05) is 12.2 Å². The molecular formula is C22H27N3O3S. The van der Waals surface area contributed by atoms with Crippen LogP contribution in [0.2, 0.25) is 0 Å². The summed E-state index contributed by atoms with van der Waals surface area (Å²) in [4.78, 5) is 25.6. The fourth-order valence-electron chi connectivity index (χ4n) is 3.32. The molecule has 154 valence electrons.